The van der Waals surface area contributed by atoms with Crippen LogP contribution in [0.3, 0.4) is 0 Å². The van der Waals surface area contributed by atoms with Gasteiger partial charge in [0.05, 0.1) is 17.4 Å². The van der Waals surface area contributed by atoms with Crippen molar-refractivity contribution in [1.82, 2.24) is 5.32 Å². The molecule has 8 heteroatoms. The van der Waals surface area contributed by atoms with E-state index in [2.05, 4.69) is 5.32 Å². The lowest BCUT2D eigenvalue weighted by molar-refractivity contribution is -0.137. The van der Waals surface area contributed by atoms with Crippen LogP contribution in [-0.4, -0.2) is 20.6 Å². The van der Waals surface area contributed by atoms with Crippen LogP contribution < -0.4 is 5.32 Å². The number of halogens is 3. The third-order valence-corrected chi connectivity index (χ3v) is 5.13. The van der Waals surface area contributed by atoms with E-state index in [1.165, 1.54) is 18.2 Å². The highest BCUT2D eigenvalue weighted by Crippen LogP contribution is 2.32. The Morgan fingerprint density at radius 2 is 1.69 bits per heavy atom. The molecule has 2 rings (SSSR count). The molecule has 158 valence electrons. The quantitative estimate of drug-likeness (QED) is 0.693. The van der Waals surface area contributed by atoms with Gasteiger partial charge >= 0.3 is 6.18 Å². The lowest BCUT2D eigenvalue weighted by Gasteiger charge is -2.22. The maximum absolute atomic E-state index is 13.0. The molecule has 0 bridgehead atoms. The fraction of sp³-hybridized carbons (Fsp3) is 0.381. The lowest BCUT2D eigenvalue weighted by atomic mass is 9.95. The first kappa shape index (κ1) is 22.9. The monoisotopic (exact) mass is 427 g/mol. The zero-order valence-corrected chi connectivity index (χ0v) is 17.3. The average molecular weight is 427 g/mol. The summed E-state index contributed by atoms with van der Waals surface area (Å²) in [7, 11) is -3.19. The standard InChI is InChI=1S/C21H24F3NO3S/c1-14(2)11-19(17-5-4-6-18(12-17)21(22,23)24)25-20(26)16-9-7-15(8-10-16)13-29(3,27)28/h4-10,12,14,19H,11,13H2,1-3H3,(H,25,26). The SMILES string of the molecule is CC(C)CC(NC(=O)c1ccc(CS(C)(=O)=O)cc1)c1cccc(C(F)(F)F)c1. The van der Waals surface area contributed by atoms with Crippen LogP contribution in [0.25, 0.3) is 0 Å². The second-order valence-electron chi connectivity index (χ2n) is 7.55. The Bertz CT molecular complexity index is 952. The van der Waals surface area contributed by atoms with E-state index in [0.29, 0.717) is 23.1 Å². The molecule has 1 N–H and O–H groups in total. The fourth-order valence-corrected chi connectivity index (χ4v) is 3.78. The first-order chi connectivity index (χ1) is 13.3. The summed E-state index contributed by atoms with van der Waals surface area (Å²) in [5.41, 5.74) is 0.488. The van der Waals surface area contributed by atoms with Gasteiger partial charge in [-0.25, -0.2) is 8.42 Å². The molecule has 0 aliphatic carbocycles. The molecular weight excluding hydrogens is 403 g/mol. The number of nitrogens with one attached hydrogen (secondary N) is 1. The summed E-state index contributed by atoms with van der Waals surface area (Å²) in [6, 6.07) is 10.5. The normalized spacial score (nSPS) is 13.3. The van der Waals surface area contributed by atoms with Crippen LogP contribution in [0.5, 0.6) is 0 Å². The van der Waals surface area contributed by atoms with Crippen LogP contribution in [0.15, 0.2) is 48.5 Å². The van der Waals surface area contributed by atoms with E-state index in [1.54, 1.807) is 18.2 Å². The summed E-state index contributed by atoms with van der Waals surface area (Å²) in [6.45, 7) is 3.85. The van der Waals surface area contributed by atoms with Gasteiger partial charge in [-0.3, -0.25) is 4.79 Å². The van der Waals surface area contributed by atoms with Crippen LogP contribution in [0.1, 0.15) is 53.4 Å². The molecule has 29 heavy (non-hydrogen) atoms. The van der Waals surface area contributed by atoms with Gasteiger partial charge < -0.3 is 5.32 Å². The second kappa shape index (κ2) is 8.98. The highest BCUT2D eigenvalue weighted by Gasteiger charge is 2.31. The van der Waals surface area contributed by atoms with Gasteiger partial charge in [-0.15, -0.1) is 0 Å². The summed E-state index contributed by atoms with van der Waals surface area (Å²) in [6.07, 6.45) is -2.86. The van der Waals surface area contributed by atoms with E-state index < -0.39 is 33.5 Å². The number of sulfone groups is 1. The maximum Gasteiger partial charge on any atom is 0.416 e. The molecule has 1 unspecified atom stereocenters. The minimum Gasteiger partial charge on any atom is -0.345 e. The predicted octanol–water partition coefficient (Wildman–Crippen LogP) is 4.77. The minimum absolute atomic E-state index is 0.130. The number of alkyl halides is 3. The Hall–Kier alpha value is -2.35. The molecule has 0 heterocycles. The summed E-state index contributed by atoms with van der Waals surface area (Å²) in [5, 5.41) is 2.80. The van der Waals surface area contributed by atoms with Crippen molar-refractivity contribution in [1.29, 1.82) is 0 Å². The Morgan fingerprint density at radius 1 is 1.07 bits per heavy atom. The van der Waals surface area contributed by atoms with Gasteiger partial charge in [-0.05, 0) is 47.7 Å². The van der Waals surface area contributed by atoms with Crippen LogP contribution in [0.4, 0.5) is 13.2 Å². The zero-order chi connectivity index (χ0) is 21.8. The highest BCUT2D eigenvalue weighted by molar-refractivity contribution is 7.89. The lowest BCUT2D eigenvalue weighted by Crippen LogP contribution is -2.29. The summed E-state index contributed by atoms with van der Waals surface area (Å²) in [5.74, 6) is -0.416. The number of carbonyl (C=O) groups excluding carboxylic acids is 1. The predicted molar refractivity (Wildman–Crippen MR) is 106 cm³/mol. The van der Waals surface area contributed by atoms with Crippen LogP contribution in [0.2, 0.25) is 0 Å². The fourth-order valence-electron chi connectivity index (χ4n) is 2.98. The topological polar surface area (TPSA) is 63.2 Å². The molecular formula is C21H24F3NO3S. The van der Waals surface area contributed by atoms with Crippen molar-refractivity contribution in [3.63, 3.8) is 0 Å². The van der Waals surface area contributed by atoms with E-state index >= 15 is 0 Å². The molecule has 0 aromatic heterocycles. The number of hydrogen-bond donors (Lipinski definition) is 1. The Kier molecular flexibility index (Phi) is 7.11. The van der Waals surface area contributed by atoms with E-state index in [1.807, 2.05) is 13.8 Å². The molecule has 0 saturated carbocycles. The zero-order valence-electron chi connectivity index (χ0n) is 16.5. The molecule has 0 saturated heterocycles. The van der Waals surface area contributed by atoms with Crippen LogP contribution in [-0.2, 0) is 21.8 Å². The molecule has 0 aliphatic rings. The maximum atomic E-state index is 13.0. The molecule has 1 atom stereocenters. The molecule has 4 nitrogen and oxygen atoms in total. The number of hydrogen-bond acceptors (Lipinski definition) is 3. The largest absolute Gasteiger partial charge is 0.416 e. The number of carbonyl (C=O) groups is 1. The average Bonchev–Trinajstić information content (AvgIpc) is 2.59. The second-order valence-corrected chi connectivity index (χ2v) is 9.69. The third-order valence-electron chi connectivity index (χ3n) is 4.27. The van der Waals surface area contributed by atoms with Crippen molar-refractivity contribution >= 4 is 15.7 Å². The van der Waals surface area contributed by atoms with Crippen molar-refractivity contribution in [3.8, 4) is 0 Å². The van der Waals surface area contributed by atoms with Gasteiger partial charge in [0, 0.05) is 11.8 Å². The number of amides is 1. The van der Waals surface area contributed by atoms with Crippen LogP contribution >= 0.6 is 0 Å². The minimum atomic E-state index is -4.46. The Labute approximate surface area is 169 Å². The van der Waals surface area contributed by atoms with E-state index in [9.17, 15) is 26.4 Å². The van der Waals surface area contributed by atoms with Crippen molar-refractivity contribution in [2.45, 2.75) is 38.2 Å². The summed E-state index contributed by atoms with van der Waals surface area (Å²) < 4.78 is 61.9. The van der Waals surface area contributed by atoms with E-state index in [0.717, 1.165) is 18.4 Å². The van der Waals surface area contributed by atoms with Crippen molar-refractivity contribution < 1.29 is 26.4 Å². The number of benzene rings is 2. The highest BCUT2D eigenvalue weighted by atomic mass is 32.2. The van der Waals surface area contributed by atoms with Crippen LogP contribution in [0, 0.1) is 5.92 Å². The molecule has 2 aromatic rings. The first-order valence-electron chi connectivity index (χ1n) is 9.10. The van der Waals surface area contributed by atoms with E-state index in [-0.39, 0.29) is 11.7 Å². The third kappa shape index (κ3) is 7.20. The van der Waals surface area contributed by atoms with Gasteiger partial charge in [-0.2, -0.15) is 13.2 Å². The summed E-state index contributed by atoms with van der Waals surface area (Å²) in [4.78, 5) is 12.6. The first-order valence-corrected chi connectivity index (χ1v) is 11.2. The van der Waals surface area contributed by atoms with Crippen molar-refractivity contribution in [3.05, 3.63) is 70.8 Å². The molecule has 2 aromatic carbocycles. The van der Waals surface area contributed by atoms with Gasteiger partial charge in [0.15, 0.2) is 9.84 Å². The van der Waals surface area contributed by atoms with Gasteiger partial charge in [0.1, 0.15) is 0 Å². The summed E-state index contributed by atoms with van der Waals surface area (Å²) >= 11 is 0. The number of rotatable bonds is 7. The van der Waals surface area contributed by atoms with E-state index in [4.69, 9.17) is 0 Å². The Balaban J connectivity index is 2.23. The molecule has 0 fully saturated rings. The van der Waals surface area contributed by atoms with Gasteiger partial charge in [-0.1, -0.05) is 38.1 Å². The molecule has 0 spiro atoms. The van der Waals surface area contributed by atoms with Gasteiger partial charge in [0.25, 0.3) is 5.91 Å². The van der Waals surface area contributed by atoms with Crippen molar-refractivity contribution in [2.75, 3.05) is 6.26 Å². The molecule has 1 amide bonds. The van der Waals surface area contributed by atoms with Gasteiger partial charge in [0.2, 0.25) is 0 Å². The Morgan fingerprint density at radius 3 is 2.21 bits per heavy atom. The smallest absolute Gasteiger partial charge is 0.345 e. The molecule has 0 aliphatic heterocycles. The molecule has 0 radical (unpaired) electrons. The van der Waals surface area contributed by atoms with Crippen molar-refractivity contribution in [2.24, 2.45) is 5.92 Å².